The molecule has 2 N–H and O–H groups in total. The van der Waals surface area contributed by atoms with E-state index in [2.05, 4.69) is 9.97 Å². The molecule has 1 amide bonds. The van der Waals surface area contributed by atoms with Crippen LogP contribution in [0.2, 0.25) is 5.02 Å². The van der Waals surface area contributed by atoms with Gasteiger partial charge in [-0.05, 0) is 30.2 Å². The van der Waals surface area contributed by atoms with Crippen LogP contribution in [-0.2, 0) is 23.0 Å². The van der Waals surface area contributed by atoms with E-state index < -0.39 is 21.7 Å². The summed E-state index contributed by atoms with van der Waals surface area (Å²) in [6.07, 6.45) is 1.85. The van der Waals surface area contributed by atoms with E-state index in [1.54, 1.807) is 0 Å². The largest absolute Gasteiger partial charge is 0.363 e. The summed E-state index contributed by atoms with van der Waals surface area (Å²) in [5.41, 5.74) is 6.30. The minimum atomic E-state index is -3.93. The van der Waals surface area contributed by atoms with E-state index >= 15 is 0 Å². The Kier molecular flexibility index (Phi) is 4.24. The summed E-state index contributed by atoms with van der Waals surface area (Å²) in [6.45, 7) is 0.149. The van der Waals surface area contributed by atoms with Crippen molar-refractivity contribution in [1.82, 2.24) is 14.3 Å². The molecule has 24 heavy (non-hydrogen) atoms. The molecule has 2 aromatic rings. The van der Waals surface area contributed by atoms with Gasteiger partial charge in [-0.1, -0.05) is 11.6 Å². The van der Waals surface area contributed by atoms with Gasteiger partial charge in [0.2, 0.25) is 15.8 Å². The highest BCUT2D eigenvalue weighted by molar-refractivity contribution is 7.89. The highest BCUT2D eigenvalue weighted by atomic mass is 35.5. The van der Waals surface area contributed by atoms with Crippen LogP contribution in [0.3, 0.4) is 0 Å². The molecule has 1 aromatic heterocycles. The first kappa shape index (κ1) is 16.7. The monoisotopic (exact) mass is 370 g/mol. The lowest BCUT2D eigenvalue weighted by molar-refractivity contribution is 0.0990. The maximum absolute atomic E-state index is 13.1. The smallest absolute Gasteiger partial charge is 0.286 e. The van der Waals surface area contributed by atoms with Gasteiger partial charge in [0, 0.05) is 12.7 Å². The molecule has 1 aliphatic rings. The number of fused-ring (bicyclic) bond motifs is 1. The molecular weight excluding hydrogens is 359 g/mol. The zero-order valence-electron chi connectivity index (χ0n) is 12.2. The van der Waals surface area contributed by atoms with Gasteiger partial charge in [0.25, 0.3) is 5.91 Å². The fourth-order valence-electron chi connectivity index (χ4n) is 2.43. The van der Waals surface area contributed by atoms with Gasteiger partial charge in [0.1, 0.15) is 10.7 Å². The van der Waals surface area contributed by atoms with Crippen LogP contribution >= 0.6 is 11.6 Å². The summed E-state index contributed by atoms with van der Waals surface area (Å²) in [5.74, 6) is -1.59. The van der Waals surface area contributed by atoms with Crippen LogP contribution in [-0.4, -0.2) is 35.1 Å². The Morgan fingerprint density at radius 2 is 2.12 bits per heavy atom. The van der Waals surface area contributed by atoms with Crippen LogP contribution in [0.4, 0.5) is 4.39 Å². The standard InChI is InChI=1S/C14H12ClFN4O3S/c15-10-5-9(16)1-2-12(10)24(22,23)20-4-3-8-6-18-14(13(17)21)19-11(8)7-20/h1-2,5-6H,3-4,7H2,(H2,17,21). The second-order valence-corrected chi connectivity index (χ2v) is 7.51. The number of rotatable bonds is 3. The molecule has 0 spiro atoms. The third-order valence-electron chi connectivity index (χ3n) is 3.64. The van der Waals surface area contributed by atoms with Crippen LogP contribution in [0.1, 0.15) is 21.9 Å². The van der Waals surface area contributed by atoms with Gasteiger partial charge < -0.3 is 5.73 Å². The van der Waals surface area contributed by atoms with Crippen molar-refractivity contribution in [3.05, 3.63) is 52.3 Å². The lowest BCUT2D eigenvalue weighted by atomic mass is 10.1. The normalized spacial score (nSPS) is 15.1. The van der Waals surface area contributed by atoms with E-state index in [0.717, 1.165) is 23.8 Å². The van der Waals surface area contributed by atoms with Crippen molar-refractivity contribution in [2.24, 2.45) is 5.73 Å². The average Bonchev–Trinajstić information content (AvgIpc) is 2.53. The van der Waals surface area contributed by atoms with Gasteiger partial charge in [-0.2, -0.15) is 4.31 Å². The zero-order valence-corrected chi connectivity index (χ0v) is 13.8. The summed E-state index contributed by atoms with van der Waals surface area (Å²) >= 11 is 5.87. The van der Waals surface area contributed by atoms with E-state index in [1.807, 2.05) is 0 Å². The molecule has 0 aliphatic carbocycles. The Bertz CT molecular complexity index is 936. The number of nitrogens with two attached hydrogens (primary N) is 1. The van der Waals surface area contributed by atoms with Crippen molar-refractivity contribution in [3.63, 3.8) is 0 Å². The predicted octanol–water partition coefficient (Wildman–Crippen LogP) is 1.11. The summed E-state index contributed by atoms with van der Waals surface area (Å²) in [7, 11) is -3.93. The molecule has 126 valence electrons. The Labute approximate surface area is 142 Å². The topological polar surface area (TPSA) is 106 Å². The van der Waals surface area contributed by atoms with Crippen molar-refractivity contribution in [3.8, 4) is 0 Å². The van der Waals surface area contributed by atoms with Gasteiger partial charge >= 0.3 is 0 Å². The highest BCUT2D eigenvalue weighted by Gasteiger charge is 2.31. The second-order valence-electron chi connectivity index (χ2n) is 5.19. The van der Waals surface area contributed by atoms with Crippen molar-refractivity contribution < 1.29 is 17.6 Å². The molecule has 2 heterocycles. The van der Waals surface area contributed by atoms with E-state index in [0.29, 0.717) is 12.1 Å². The number of sulfonamides is 1. The molecular formula is C14H12ClFN4O3S. The minimum Gasteiger partial charge on any atom is -0.363 e. The Morgan fingerprint density at radius 1 is 1.38 bits per heavy atom. The van der Waals surface area contributed by atoms with Crippen molar-refractivity contribution in [2.75, 3.05) is 6.54 Å². The molecule has 0 unspecified atom stereocenters. The summed E-state index contributed by atoms with van der Waals surface area (Å²) in [5, 5.41) is -0.193. The average molecular weight is 371 g/mol. The molecule has 0 saturated carbocycles. The number of hydrogen-bond donors (Lipinski definition) is 1. The number of carbonyl (C=O) groups is 1. The van der Waals surface area contributed by atoms with Gasteiger partial charge in [-0.25, -0.2) is 22.8 Å². The van der Waals surface area contributed by atoms with E-state index in [4.69, 9.17) is 17.3 Å². The van der Waals surface area contributed by atoms with Crippen molar-refractivity contribution >= 4 is 27.5 Å². The first-order chi connectivity index (χ1) is 11.3. The van der Waals surface area contributed by atoms with Crippen LogP contribution in [0, 0.1) is 5.82 Å². The predicted molar refractivity (Wildman–Crippen MR) is 83.3 cm³/mol. The summed E-state index contributed by atoms with van der Waals surface area (Å²) in [6, 6.07) is 3.10. The molecule has 1 aromatic carbocycles. The van der Waals surface area contributed by atoms with Gasteiger partial charge in [-0.15, -0.1) is 0 Å². The minimum absolute atomic E-state index is 0.0474. The summed E-state index contributed by atoms with van der Waals surface area (Å²) < 4.78 is 39.8. The molecule has 0 atom stereocenters. The van der Waals surface area contributed by atoms with E-state index in [1.165, 1.54) is 10.5 Å². The number of aromatic nitrogens is 2. The van der Waals surface area contributed by atoms with Gasteiger partial charge in [0.15, 0.2) is 0 Å². The number of amides is 1. The molecule has 1 aliphatic heterocycles. The van der Waals surface area contributed by atoms with E-state index in [-0.39, 0.29) is 28.8 Å². The maximum Gasteiger partial charge on any atom is 0.286 e. The first-order valence-electron chi connectivity index (χ1n) is 6.89. The van der Waals surface area contributed by atoms with Crippen molar-refractivity contribution in [2.45, 2.75) is 17.9 Å². The molecule has 0 radical (unpaired) electrons. The number of hydrogen-bond acceptors (Lipinski definition) is 5. The second kappa shape index (κ2) is 6.08. The molecule has 7 nitrogen and oxygen atoms in total. The molecule has 0 bridgehead atoms. The van der Waals surface area contributed by atoms with Crippen LogP contribution < -0.4 is 5.73 Å². The molecule has 0 fully saturated rings. The van der Waals surface area contributed by atoms with Crippen LogP contribution in [0.15, 0.2) is 29.3 Å². The first-order valence-corrected chi connectivity index (χ1v) is 8.70. The Morgan fingerprint density at radius 3 is 2.79 bits per heavy atom. The third kappa shape index (κ3) is 2.97. The zero-order chi connectivity index (χ0) is 17.5. The summed E-state index contributed by atoms with van der Waals surface area (Å²) in [4.78, 5) is 18.9. The third-order valence-corrected chi connectivity index (χ3v) is 5.97. The number of halogens is 2. The fourth-order valence-corrected chi connectivity index (χ4v) is 4.33. The Hall–Kier alpha value is -2.10. The fraction of sp³-hybridized carbons (Fsp3) is 0.214. The van der Waals surface area contributed by atoms with Gasteiger partial charge in [0.05, 0.1) is 17.3 Å². The highest BCUT2D eigenvalue weighted by Crippen LogP contribution is 2.28. The Balaban J connectivity index is 1.96. The van der Waals surface area contributed by atoms with E-state index in [9.17, 15) is 17.6 Å². The number of nitrogens with zero attached hydrogens (tertiary/aromatic N) is 3. The quantitative estimate of drug-likeness (QED) is 0.871. The maximum atomic E-state index is 13.1. The van der Waals surface area contributed by atoms with Crippen LogP contribution in [0.25, 0.3) is 0 Å². The molecule has 0 saturated heterocycles. The number of benzene rings is 1. The SMILES string of the molecule is NC(=O)c1ncc2c(n1)CN(S(=O)(=O)c1ccc(F)cc1Cl)CC2. The van der Waals surface area contributed by atoms with Gasteiger partial charge in [-0.3, -0.25) is 4.79 Å². The lowest BCUT2D eigenvalue weighted by Gasteiger charge is -2.27. The lowest BCUT2D eigenvalue weighted by Crippen LogP contribution is -2.37. The molecule has 10 heteroatoms. The number of carbonyl (C=O) groups excluding carboxylic acids is 1. The molecule has 3 rings (SSSR count). The van der Waals surface area contributed by atoms with Crippen LogP contribution in [0.5, 0.6) is 0 Å². The number of primary amides is 1. The van der Waals surface area contributed by atoms with Crippen molar-refractivity contribution in [1.29, 1.82) is 0 Å².